The molecule has 0 radical (unpaired) electrons. The number of hydrogen-bond donors (Lipinski definition) is 3. The van der Waals surface area contributed by atoms with Gasteiger partial charge in [0.15, 0.2) is 0 Å². The minimum absolute atomic E-state index is 0.0731. The molecule has 1 saturated heterocycles. The molecule has 0 saturated carbocycles. The van der Waals surface area contributed by atoms with Crippen molar-refractivity contribution in [2.75, 3.05) is 6.54 Å². The lowest BCUT2D eigenvalue weighted by atomic mass is 10.1. The number of urea groups is 1. The molecular formula is C12H20N2O5. The molecule has 0 aromatic rings. The van der Waals surface area contributed by atoms with Crippen LogP contribution in [0.5, 0.6) is 0 Å². The predicted molar refractivity (Wildman–Crippen MR) is 66.8 cm³/mol. The van der Waals surface area contributed by atoms with Crippen molar-refractivity contribution in [2.24, 2.45) is 5.92 Å². The number of rotatable bonds is 5. The van der Waals surface area contributed by atoms with Gasteiger partial charge in [-0.15, -0.1) is 0 Å². The third-order valence-electron chi connectivity index (χ3n) is 3.29. The number of carboxylic acid groups (broad SMARTS) is 2. The van der Waals surface area contributed by atoms with E-state index in [2.05, 4.69) is 5.32 Å². The summed E-state index contributed by atoms with van der Waals surface area (Å²) in [4.78, 5) is 35.0. The highest BCUT2D eigenvalue weighted by molar-refractivity contribution is 5.83. The minimum atomic E-state index is -1.21. The monoisotopic (exact) mass is 272 g/mol. The van der Waals surface area contributed by atoms with Crippen LogP contribution in [-0.2, 0) is 9.59 Å². The maximum Gasteiger partial charge on any atom is 0.326 e. The van der Waals surface area contributed by atoms with Crippen LogP contribution in [0.3, 0.4) is 0 Å². The van der Waals surface area contributed by atoms with Crippen molar-refractivity contribution in [3.05, 3.63) is 0 Å². The van der Waals surface area contributed by atoms with Gasteiger partial charge in [-0.1, -0.05) is 6.92 Å². The molecule has 3 atom stereocenters. The Balaban J connectivity index is 2.56. The Bertz CT molecular complexity index is 371. The summed E-state index contributed by atoms with van der Waals surface area (Å²) >= 11 is 0. The van der Waals surface area contributed by atoms with Gasteiger partial charge in [-0.25, -0.2) is 9.59 Å². The molecular weight excluding hydrogens is 252 g/mol. The number of amides is 2. The van der Waals surface area contributed by atoms with Crippen molar-refractivity contribution >= 4 is 18.0 Å². The minimum Gasteiger partial charge on any atom is -0.481 e. The molecule has 0 aromatic carbocycles. The van der Waals surface area contributed by atoms with Crippen molar-refractivity contribution in [1.82, 2.24) is 10.2 Å². The van der Waals surface area contributed by atoms with E-state index in [1.165, 1.54) is 0 Å². The Morgan fingerprint density at radius 1 is 1.32 bits per heavy atom. The van der Waals surface area contributed by atoms with Crippen LogP contribution >= 0.6 is 0 Å². The lowest BCUT2D eigenvalue weighted by Gasteiger charge is -2.24. The van der Waals surface area contributed by atoms with Crippen molar-refractivity contribution in [3.63, 3.8) is 0 Å². The first-order valence-corrected chi connectivity index (χ1v) is 6.33. The number of nitrogens with one attached hydrogen (secondary N) is 1. The van der Waals surface area contributed by atoms with Gasteiger partial charge in [-0.3, -0.25) is 4.79 Å². The van der Waals surface area contributed by atoms with E-state index in [0.29, 0.717) is 12.5 Å². The Hall–Kier alpha value is -1.79. The number of aliphatic carboxylic acids is 2. The molecule has 19 heavy (non-hydrogen) atoms. The molecule has 0 aromatic heterocycles. The summed E-state index contributed by atoms with van der Waals surface area (Å²) in [6.07, 6.45) is 0.484. The fourth-order valence-corrected chi connectivity index (χ4v) is 2.34. The average molecular weight is 272 g/mol. The van der Waals surface area contributed by atoms with E-state index in [0.717, 1.165) is 6.42 Å². The van der Waals surface area contributed by atoms with Crippen molar-refractivity contribution < 1.29 is 24.6 Å². The molecule has 2 amide bonds. The molecule has 1 aliphatic heterocycles. The van der Waals surface area contributed by atoms with Crippen LogP contribution in [-0.4, -0.2) is 51.7 Å². The van der Waals surface area contributed by atoms with Crippen LogP contribution in [0.4, 0.5) is 4.79 Å². The summed E-state index contributed by atoms with van der Waals surface area (Å²) in [6.45, 7) is 4.54. The van der Waals surface area contributed by atoms with E-state index in [-0.39, 0.29) is 18.9 Å². The summed E-state index contributed by atoms with van der Waals surface area (Å²) in [5, 5.41) is 19.9. The first kappa shape index (κ1) is 15.3. The van der Waals surface area contributed by atoms with E-state index in [4.69, 9.17) is 10.2 Å². The van der Waals surface area contributed by atoms with Crippen LogP contribution in [0.25, 0.3) is 0 Å². The number of carboxylic acids is 2. The molecule has 0 aliphatic carbocycles. The molecule has 1 aliphatic rings. The second-order valence-corrected chi connectivity index (χ2v) is 5.11. The van der Waals surface area contributed by atoms with Crippen LogP contribution in [0, 0.1) is 5.92 Å². The Kier molecular flexibility index (Phi) is 5.14. The Labute approximate surface area is 111 Å². The second-order valence-electron chi connectivity index (χ2n) is 5.11. The Morgan fingerprint density at radius 2 is 1.95 bits per heavy atom. The number of carbonyl (C=O) groups is 3. The summed E-state index contributed by atoms with van der Waals surface area (Å²) in [5.74, 6) is -1.90. The van der Waals surface area contributed by atoms with E-state index in [9.17, 15) is 14.4 Å². The van der Waals surface area contributed by atoms with Gasteiger partial charge < -0.3 is 20.4 Å². The molecule has 1 rings (SSSR count). The van der Waals surface area contributed by atoms with Crippen molar-refractivity contribution in [2.45, 2.75) is 45.2 Å². The standard InChI is InChI=1S/C12H20N2O5/c1-7-5-8(2)14(6-7)12(19)13-9(11(17)18)3-4-10(15)16/h7-9H,3-6H2,1-2H3,(H,13,19)(H,15,16)(H,17,18)/t7?,8?,9-/m0/s1. The predicted octanol–water partition coefficient (Wildman–Crippen LogP) is 0.744. The molecule has 7 nitrogen and oxygen atoms in total. The van der Waals surface area contributed by atoms with Gasteiger partial charge in [0.25, 0.3) is 0 Å². The molecule has 7 heteroatoms. The normalized spacial score (nSPS) is 24.0. The second kappa shape index (κ2) is 6.40. The smallest absolute Gasteiger partial charge is 0.326 e. The van der Waals surface area contributed by atoms with Crippen LogP contribution in [0.1, 0.15) is 33.1 Å². The lowest BCUT2D eigenvalue weighted by Crippen LogP contribution is -2.49. The van der Waals surface area contributed by atoms with E-state index >= 15 is 0 Å². The summed E-state index contributed by atoms with van der Waals surface area (Å²) in [5.41, 5.74) is 0. The largest absolute Gasteiger partial charge is 0.481 e. The summed E-state index contributed by atoms with van der Waals surface area (Å²) in [7, 11) is 0. The van der Waals surface area contributed by atoms with Crippen LogP contribution in [0.15, 0.2) is 0 Å². The topological polar surface area (TPSA) is 107 Å². The van der Waals surface area contributed by atoms with Gasteiger partial charge in [0.2, 0.25) is 0 Å². The molecule has 0 bridgehead atoms. The zero-order chi connectivity index (χ0) is 14.6. The molecule has 1 heterocycles. The SMILES string of the molecule is CC1CC(C)N(C(=O)N[C@@H](CCC(=O)O)C(=O)O)C1. The first-order valence-electron chi connectivity index (χ1n) is 6.33. The summed E-state index contributed by atoms with van der Waals surface area (Å²) in [6, 6.07) is -1.52. The molecule has 1 fully saturated rings. The highest BCUT2D eigenvalue weighted by atomic mass is 16.4. The fourth-order valence-electron chi connectivity index (χ4n) is 2.34. The molecule has 0 spiro atoms. The highest BCUT2D eigenvalue weighted by Crippen LogP contribution is 2.22. The van der Waals surface area contributed by atoms with Gasteiger partial charge in [0.05, 0.1) is 0 Å². The molecule has 3 N–H and O–H groups in total. The van der Waals surface area contributed by atoms with Crippen LogP contribution in [0.2, 0.25) is 0 Å². The third-order valence-corrected chi connectivity index (χ3v) is 3.29. The molecule has 2 unspecified atom stereocenters. The quantitative estimate of drug-likeness (QED) is 0.684. The van der Waals surface area contributed by atoms with E-state index in [1.807, 2.05) is 13.8 Å². The van der Waals surface area contributed by atoms with Gasteiger partial charge in [-0.2, -0.15) is 0 Å². The highest BCUT2D eigenvalue weighted by Gasteiger charge is 2.32. The van der Waals surface area contributed by atoms with Crippen LogP contribution < -0.4 is 5.32 Å². The zero-order valence-corrected chi connectivity index (χ0v) is 11.1. The van der Waals surface area contributed by atoms with Crippen molar-refractivity contribution in [1.29, 1.82) is 0 Å². The molecule has 108 valence electrons. The summed E-state index contributed by atoms with van der Waals surface area (Å²) < 4.78 is 0. The van der Waals surface area contributed by atoms with Gasteiger partial charge in [0, 0.05) is 19.0 Å². The van der Waals surface area contributed by atoms with Gasteiger partial charge >= 0.3 is 18.0 Å². The number of likely N-dealkylation sites (tertiary alicyclic amines) is 1. The van der Waals surface area contributed by atoms with E-state index in [1.54, 1.807) is 4.90 Å². The lowest BCUT2D eigenvalue weighted by molar-refractivity contribution is -0.140. The van der Waals surface area contributed by atoms with Gasteiger partial charge in [0.1, 0.15) is 6.04 Å². The van der Waals surface area contributed by atoms with Crippen molar-refractivity contribution in [3.8, 4) is 0 Å². The average Bonchev–Trinajstić information content (AvgIpc) is 2.62. The maximum atomic E-state index is 12.0. The number of carbonyl (C=O) groups excluding carboxylic acids is 1. The number of nitrogens with zero attached hydrogens (tertiary/aromatic N) is 1. The first-order chi connectivity index (χ1) is 8.81. The fraction of sp³-hybridized carbons (Fsp3) is 0.750. The van der Waals surface area contributed by atoms with E-state index < -0.39 is 24.0 Å². The maximum absolute atomic E-state index is 12.0. The zero-order valence-electron chi connectivity index (χ0n) is 11.1. The number of hydrogen-bond acceptors (Lipinski definition) is 3. The van der Waals surface area contributed by atoms with Gasteiger partial charge in [-0.05, 0) is 25.7 Å². The Morgan fingerprint density at radius 3 is 2.37 bits per heavy atom. The third kappa shape index (κ3) is 4.42.